The van der Waals surface area contributed by atoms with Crippen molar-refractivity contribution >= 4 is 17.5 Å². The Morgan fingerprint density at radius 3 is 2.92 bits per heavy atom. The van der Waals surface area contributed by atoms with Crippen molar-refractivity contribution in [2.24, 2.45) is 5.73 Å². The molecule has 2 heterocycles. The molecule has 0 unspecified atom stereocenters. The normalized spacial score (nSPS) is 10.1. The zero-order valence-electron chi connectivity index (χ0n) is 14.6. The third-order valence-electron chi connectivity index (χ3n) is 3.40. The Morgan fingerprint density at radius 1 is 1.36 bits per heavy atom. The zero-order valence-corrected chi connectivity index (χ0v) is 14.6. The van der Waals surface area contributed by atoms with Gasteiger partial charge in [0.1, 0.15) is 5.82 Å². The van der Waals surface area contributed by atoms with Gasteiger partial charge in [0, 0.05) is 38.0 Å². The quantitative estimate of drug-likeness (QED) is 0.457. The van der Waals surface area contributed by atoms with Crippen molar-refractivity contribution in [3.63, 3.8) is 0 Å². The van der Waals surface area contributed by atoms with E-state index in [1.807, 2.05) is 11.9 Å². The summed E-state index contributed by atoms with van der Waals surface area (Å²) < 4.78 is 13.2. The molecule has 25 heavy (non-hydrogen) atoms. The van der Waals surface area contributed by atoms with Crippen LogP contribution in [0, 0.1) is 17.8 Å². The second-order valence-electron chi connectivity index (χ2n) is 5.54. The maximum absolute atomic E-state index is 13.2. The van der Waals surface area contributed by atoms with E-state index < -0.39 is 5.95 Å². The van der Waals surface area contributed by atoms with Gasteiger partial charge in [-0.2, -0.15) is 9.37 Å². The van der Waals surface area contributed by atoms with Crippen LogP contribution < -0.4 is 16.0 Å². The molecule has 3 N–H and O–H groups in total. The number of nitrogens with two attached hydrogens (primary N) is 1. The molecule has 2 rings (SSSR count). The van der Waals surface area contributed by atoms with Crippen LogP contribution in [-0.2, 0) is 0 Å². The number of anilines is 3. The van der Waals surface area contributed by atoms with Crippen LogP contribution in [-0.4, -0.2) is 35.1 Å². The Hall–Kier alpha value is -2.72. The lowest BCUT2D eigenvalue weighted by Crippen LogP contribution is -2.21. The standard InChI is InChI=1S/C18H23FN6/c1-3-11-25(2)17-14(7-5-4-6-9-20)13-22-18(24-17)23-15-8-10-21-16(19)12-15/h8,10,12-13H,3-4,6,9,11,20H2,1-2H3,(H,21,22,23,24). The Morgan fingerprint density at radius 2 is 2.20 bits per heavy atom. The van der Waals surface area contributed by atoms with Crippen LogP contribution in [0.1, 0.15) is 31.7 Å². The smallest absolute Gasteiger partial charge is 0.229 e. The van der Waals surface area contributed by atoms with Crippen LogP contribution in [0.3, 0.4) is 0 Å². The number of halogens is 1. The van der Waals surface area contributed by atoms with E-state index >= 15 is 0 Å². The number of pyridine rings is 1. The Bertz CT molecular complexity index is 753. The SMILES string of the molecule is CCCN(C)c1nc(Nc2ccnc(F)c2)ncc1C#CCCCN. The Kier molecular flexibility index (Phi) is 7.11. The first-order valence-corrected chi connectivity index (χ1v) is 8.29. The van der Waals surface area contributed by atoms with E-state index in [0.29, 0.717) is 18.2 Å². The number of unbranched alkanes of at least 4 members (excludes halogenated alkanes) is 1. The molecule has 0 spiro atoms. The summed E-state index contributed by atoms with van der Waals surface area (Å²) in [4.78, 5) is 14.4. The van der Waals surface area contributed by atoms with Crippen LogP contribution in [0.25, 0.3) is 0 Å². The third-order valence-corrected chi connectivity index (χ3v) is 3.40. The summed E-state index contributed by atoms with van der Waals surface area (Å²) in [6.07, 6.45) is 5.66. The van der Waals surface area contributed by atoms with Gasteiger partial charge in [0.2, 0.25) is 11.9 Å². The van der Waals surface area contributed by atoms with Gasteiger partial charge >= 0.3 is 0 Å². The Labute approximate surface area is 147 Å². The minimum atomic E-state index is -0.560. The maximum atomic E-state index is 13.2. The van der Waals surface area contributed by atoms with E-state index in [0.717, 1.165) is 37.2 Å². The van der Waals surface area contributed by atoms with Crippen molar-refractivity contribution in [2.75, 3.05) is 30.4 Å². The second-order valence-corrected chi connectivity index (χ2v) is 5.54. The van der Waals surface area contributed by atoms with E-state index in [1.54, 1.807) is 12.3 Å². The maximum Gasteiger partial charge on any atom is 0.229 e. The van der Waals surface area contributed by atoms with Crippen molar-refractivity contribution in [1.82, 2.24) is 15.0 Å². The predicted molar refractivity (Wildman–Crippen MR) is 98.2 cm³/mol. The minimum Gasteiger partial charge on any atom is -0.358 e. The molecule has 0 saturated heterocycles. The molecule has 0 atom stereocenters. The summed E-state index contributed by atoms with van der Waals surface area (Å²) >= 11 is 0. The molecule has 132 valence electrons. The summed E-state index contributed by atoms with van der Waals surface area (Å²) in [5.74, 6) is 6.79. The first-order valence-electron chi connectivity index (χ1n) is 8.29. The number of hydrogen-bond donors (Lipinski definition) is 2. The van der Waals surface area contributed by atoms with Crippen molar-refractivity contribution < 1.29 is 4.39 Å². The molecule has 0 aromatic carbocycles. The molecule has 0 radical (unpaired) electrons. The highest BCUT2D eigenvalue weighted by atomic mass is 19.1. The van der Waals surface area contributed by atoms with Crippen LogP contribution in [0.4, 0.5) is 21.8 Å². The van der Waals surface area contributed by atoms with E-state index in [-0.39, 0.29) is 0 Å². The Balaban J connectivity index is 2.27. The lowest BCUT2D eigenvalue weighted by Gasteiger charge is -2.19. The fraction of sp³-hybridized carbons (Fsp3) is 0.389. The van der Waals surface area contributed by atoms with Gasteiger partial charge in [-0.25, -0.2) is 9.97 Å². The fourth-order valence-corrected chi connectivity index (χ4v) is 2.21. The molecule has 0 bridgehead atoms. The van der Waals surface area contributed by atoms with Gasteiger partial charge < -0.3 is 16.0 Å². The second kappa shape index (κ2) is 9.55. The van der Waals surface area contributed by atoms with Crippen LogP contribution in [0.5, 0.6) is 0 Å². The van der Waals surface area contributed by atoms with Crippen LogP contribution in [0.15, 0.2) is 24.5 Å². The molecule has 2 aromatic rings. The fourth-order valence-electron chi connectivity index (χ4n) is 2.21. The molecule has 0 saturated carbocycles. The lowest BCUT2D eigenvalue weighted by molar-refractivity contribution is 0.584. The van der Waals surface area contributed by atoms with E-state index in [1.165, 1.54) is 12.3 Å². The van der Waals surface area contributed by atoms with E-state index in [9.17, 15) is 4.39 Å². The summed E-state index contributed by atoms with van der Waals surface area (Å²) in [5.41, 5.74) is 6.79. The largest absolute Gasteiger partial charge is 0.358 e. The molecular formula is C18H23FN6. The number of hydrogen-bond acceptors (Lipinski definition) is 6. The molecule has 2 aromatic heterocycles. The summed E-state index contributed by atoms with van der Waals surface area (Å²) in [7, 11) is 1.97. The molecule has 0 aliphatic rings. The van der Waals surface area contributed by atoms with Crippen LogP contribution in [0.2, 0.25) is 0 Å². The summed E-state index contributed by atoms with van der Waals surface area (Å²) in [6, 6.07) is 2.95. The summed E-state index contributed by atoms with van der Waals surface area (Å²) in [6.45, 7) is 3.57. The lowest BCUT2D eigenvalue weighted by atomic mass is 10.2. The van der Waals surface area contributed by atoms with Crippen molar-refractivity contribution in [1.29, 1.82) is 0 Å². The van der Waals surface area contributed by atoms with Crippen LogP contribution >= 0.6 is 0 Å². The molecular weight excluding hydrogens is 319 g/mol. The van der Waals surface area contributed by atoms with Crippen molar-refractivity contribution in [2.45, 2.75) is 26.2 Å². The summed E-state index contributed by atoms with van der Waals surface area (Å²) in [5, 5.41) is 2.99. The molecule has 0 aliphatic heterocycles. The zero-order chi connectivity index (χ0) is 18.1. The van der Waals surface area contributed by atoms with Crippen molar-refractivity contribution in [3.05, 3.63) is 36.0 Å². The minimum absolute atomic E-state index is 0.385. The average molecular weight is 342 g/mol. The highest BCUT2D eigenvalue weighted by Crippen LogP contribution is 2.20. The topological polar surface area (TPSA) is 80.0 Å². The molecule has 0 fully saturated rings. The molecule has 7 heteroatoms. The number of nitrogens with zero attached hydrogens (tertiary/aromatic N) is 4. The highest BCUT2D eigenvalue weighted by molar-refractivity contribution is 5.60. The van der Waals surface area contributed by atoms with Gasteiger partial charge in [-0.05, 0) is 25.5 Å². The van der Waals surface area contributed by atoms with E-state index in [2.05, 4.69) is 39.0 Å². The van der Waals surface area contributed by atoms with E-state index in [4.69, 9.17) is 5.73 Å². The van der Waals surface area contributed by atoms with Gasteiger partial charge in [0.15, 0.2) is 0 Å². The number of aromatic nitrogens is 3. The molecule has 0 amide bonds. The molecule has 6 nitrogen and oxygen atoms in total. The first kappa shape index (κ1) is 18.6. The first-order chi connectivity index (χ1) is 12.1. The number of nitrogens with one attached hydrogen (secondary N) is 1. The highest BCUT2D eigenvalue weighted by Gasteiger charge is 2.10. The van der Waals surface area contributed by atoms with Gasteiger partial charge in [-0.15, -0.1) is 0 Å². The van der Waals surface area contributed by atoms with Gasteiger partial charge in [-0.1, -0.05) is 18.8 Å². The monoisotopic (exact) mass is 342 g/mol. The van der Waals surface area contributed by atoms with Gasteiger partial charge in [-0.3, -0.25) is 0 Å². The van der Waals surface area contributed by atoms with Gasteiger partial charge in [0.05, 0.1) is 11.8 Å². The third kappa shape index (κ3) is 5.69. The van der Waals surface area contributed by atoms with Gasteiger partial charge in [0.25, 0.3) is 0 Å². The number of rotatable bonds is 7. The predicted octanol–water partition coefficient (Wildman–Crippen LogP) is 2.69. The molecule has 0 aliphatic carbocycles. The average Bonchev–Trinajstić information content (AvgIpc) is 2.60. The van der Waals surface area contributed by atoms with Crippen molar-refractivity contribution in [3.8, 4) is 11.8 Å².